The fourth-order valence-electron chi connectivity index (χ4n) is 2.59. The van der Waals surface area contributed by atoms with Crippen molar-refractivity contribution < 1.29 is 23.9 Å². The van der Waals surface area contributed by atoms with Gasteiger partial charge in [-0.2, -0.15) is 0 Å². The predicted octanol–water partition coefficient (Wildman–Crippen LogP) is 1.23. The molecule has 0 spiro atoms. The molecule has 0 radical (unpaired) electrons. The first-order valence-corrected chi connectivity index (χ1v) is 8.04. The van der Waals surface area contributed by atoms with Gasteiger partial charge in [-0.3, -0.25) is 14.4 Å². The van der Waals surface area contributed by atoms with E-state index >= 15 is 0 Å². The van der Waals surface area contributed by atoms with Crippen LogP contribution in [-0.4, -0.2) is 36.5 Å². The Labute approximate surface area is 139 Å². The number of amides is 2. The fourth-order valence-corrected chi connectivity index (χ4v) is 2.59. The van der Waals surface area contributed by atoms with E-state index in [1.54, 1.807) is 24.3 Å². The maximum Gasteiger partial charge on any atom is 0.310 e. The van der Waals surface area contributed by atoms with Gasteiger partial charge in [0.2, 0.25) is 0 Å². The van der Waals surface area contributed by atoms with Crippen LogP contribution in [0, 0.1) is 5.92 Å². The average molecular weight is 332 g/mol. The summed E-state index contributed by atoms with van der Waals surface area (Å²) in [6.07, 6.45) is 1.04. The number of para-hydroxylation sites is 2. The van der Waals surface area contributed by atoms with Crippen LogP contribution in [0.5, 0.6) is 5.75 Å². The second-order valence-electron chi connectivity index (χ2n) is 6.15. The van der Waals surface area contributed by atoms with Crippen molar-refractivity contribution in [2.45, 2.75) is 38.3 Å². The third-order valence-corrected chi connectivity index (χ3v) is 4.14. The summed E-state index contributed by atoms with van der Waals surface area (Å²) in [6, 6.07) is 7.07. The molecule has 0 unspecified atom stereocenters. The Bertz CT molecular complexity index is 656. The largest absolute Gasteiger partial charge is 0.478 e. The minimum absolute atomic E-state index is 0.0974. The van der Waals surface area contributed by atoms with Crippen molar-refractivity contribution in [3.63, 3.8) is 0 Å². The number of hydrogen-bond acceptors (Lipinski definition) is 5. The van der Waals surface area contributed by atoms with Crippen LogP contribution in [0.3, 0.4) is 0 Å². The predicted molar refractivity (Wildman–Crippen MR) is 85.4 cm³/mol. The van der Waals surface area contributed by atoms with Crippen LogP contribution in [0.15, 0.2) is 24.3 Å². The van der Waals surface area contributed by atoms with Gasteiger partial charge in [0.25, 0.3) is 11.8 Å². The smallest absolute Gasteiger partial charge is 0.310 e. The Morgan fingerprint density at radius 3 is 2.88 bits per heavy atom. The molecule has 1 saturated carbocycles. The molecule has 24 heavy (non-hydrogen) atoms. The lowest BCUT2D eigenvalue weighted by Crippen LogP contribution is -2.40. The topological polar surface area (TPSA) is 93.7 Å². The number of fused-ring (bicyclic) bond motifs is 1. The Kier molecular flexibility index (Phi) is 4.69. The normalized spacial score (nSPS) is 20.2. The fraction of sp³-hybridized carbons (Fsp3) is 0.471. The third-order valence-electron chi connectivity index (χ3n) is 4.14. The standard InChI is InChI=1S/C17H20N2O5/c1-10(11-6-7-11)18-15(20)9-23-16(21)8-14-17(22)19-12-4-2-3-5-13(12)24-14/h2-5,10-11,14H,6-9H2,1H3,(H,18,20)(H,19,22)/t10-,14-/m0/s1. The van der Waals surface area contributed by atoms with E-state index in [2.05, 4.69) is 10.6 Å². The molecule has 0 saturated heterocycles. The first-order valence-electron chi connectivity index (χ1n) is 8.04. The molecule has 3 rings (SSSR count). The molecule has 1 aliphatic heterocycles. The number of ether oxygens (including phenoxy) is 2. The Morgan fingerprint density at radius 2 is 2.12 bits per heavy atom. The van der Waals surface area contributed by atoms with E-state index < -0.39 is 18.0 Å². The molecule has 2 amide bonds. The zero-order valence-corrected chi connectivity index (χ0v) is 13.4. The highest BCUT2D eigenvalue weighted by Crippen LogP contribution is 2.32. The Hall–Kier alpha value is -2.57. The van der Waals surface area contributed by atoms with Crippen LogP contribution in [0.4, 0.5) is 5.69 Å². The number of carbonyl (C=O) groups is 3. The first-order chi connectivity index (χ1) is 11.5. The highest BCUT2D eigenvalue weighted by Gasteiger charge is 2.31. The van der Waals surface area contributed by atoms with Gasteiger partial charge in [0.05, 0.1) is 12.1 Å². The molecule has 2 aliphatic rings. The van der Waals surface area contributed by atoms with Gasteiger partial charge in [0.15, 0.2) is 12.7 Å². The molecular weight excluding hydrogens is 312 g/mol. The van der Waals surface area contributed by atoms with E-state index in [4.69, 9.17) is 9.47 Å². The number of carbonyl (C=O) groups excluding carboxylic acids is 3. The number of hydrogen-bond donors (Lipinski definition) is 2. The molecule has 1 heterocycles. The minimum Gasteiger partial charge on any atom is -0.478 e. The molecule has 2 N–H and O–H groups in total. The number of nitrogens with one attached hydrogen (secondary N) is 2. The molecule has 0 aromatic heterocycles. The average Bonchev–Trinajstić information content (AvgIpc) is 3.38. The summed E-state index contributed by atoms with van der Waals surface area (Å²) in [6.45, 7) is 1.59. The van der Waals surface area contributed by atoms with E-state index in [-0.39, 0.29) is 25.0 Å². The van der Waals surface area contributed by atoms with E-state index in [9.17, 15) is 14.4 Å². The quantitative estimate of drug-likeness (QED) is 0.764. The summed E-state index contributed by atoms with van der Waals surface area (Å²) in [5.41, 5.74) is 0.570. The summed E-state index contributed by atoms with van der Waals surface area (Å²) in [4.78, 5) is 35.5. The molecule has 128 valence electrons. The van der Waals surface area contributed by atoms with Crippen LogP contribution < -0.4 is 15.4 Å². The van der Waals surface area contributed by atoms with E-state index in [0.29, 0.717) is 17.4 Å². The summed E-state index contributed by atoms with van der Waals surface area (Å²) in [5, 5.41) is 5.47. The SMILES string of the molecule is C[C@H](NC(=O)COC(=O)C[C@@H]1Oc2ccccc2NC1=O)C1CC1. The molecule has 1 fully saturated rings. The Morgan fingerprint density at radius 1 is 1.38 bits per heavy atom. The van der Waals surface area contributed by atoms with Crippen LogP contribution in [0.1, 0.15) is 26.2 Å². The molecule has 7 nitrogen and oxygen atoms in total. The highest BCUT2D eigenvalue weighted by molar-refractivity contribution is 5.99. The minimum atomic E-state index is -0.958. The van der Waals surface area contributed by atoms with Gasteiger partial charge >= 0.3 is 5.97 Å². The zero-order valence-electron chi connectivity index (χ0n) is 13.4. The van der Waals surface area contributed by atoms with Crippen molar-refractivity contribution in [2.24, 2.45) is 5.92 Å². The Balaban J connectivity index is 1.45. The van der Waals surface area contributed by atoms with Gasteiger partial charge in [-0.25, -0.2) is 0 Å². The zero-order chi connectivity index (χ0) is 17.1. The monoisotopic (exact) mass is 332 g/mol. The molecule has 0 bridgehead atoms. The molecular formula is C17H20N2O5. The number of esters is 1. The number of anilines is 1. The maximum absolute atomic E-state index is 11.9. The van der Waals surface area contributed by atoms with Crippen molar-refractivity contribution in [3.8, 4) is 5.75 Å². The van der Waals surface area contributed by atoms with Gasteiger partial charge in [-0.15, -0.1) is 0 Å². The lowest BCUT2D eigenvalue weighted by molar-refractivity contribution is -0.151. The molecule has 2 atom stereocenters. The van der Waals surface area contributed by atoms with Crippen molar-refractivity contribution in [1.82, 2.24) is 5.32 Å². The van der Waals surface area contributed by atoms with Gasteiger partial charge in [0, 0.05) is 6.04 Å². The lowest BCUT2D eigenvalue weighted by atomic mass is 10.1. The summed E-state index contributed by atoms with van der Waals surface area (Å²) >= 11 is 0. The molecule has 1 aliphatic carbocycles. The first kappa shape index (κ1) is 16.3. The summed E-state index contributed by atoms with van der Waals surface area (Å²) in [5.74, 6) is -0.349. The number of benzene rings is 1. The van der Waals surface area contributed by atoms with Gasteiger partial charge in [-0.1, -0.05) is 12.1 Å². The second kappa shape index (κ2) is 6.90. The summed E-state index contributed by atoms with van der Waals surface area (Å²) < 4.78 is 10.4. The van der Waals surface area contributed by atoms with Gasteiger partial charge in [0.1, 0.15) is 5.75 Å². The maximum atomic E-state index is 11.9. The van der Waals surface area contributed by atoms with Crippen LogP contribution in [0.2, 0.25) is 0 Å². The van der Waals surface area contributed by atoms with Crippen LogP contribution in [0.25, 0.3) is 0 Å². The number of rotatable bonds is 6. The van der Waals surface area contributed by atoms with Gasteiger partial charge < -0.3 is 20.1 Å². The second-order valence-corrected chi connectivity index (χ2v) is 6.15. The third kappa shape index (κ3) is 4.04. The van der Waals surface area contributed by atoms with E-state index in [1.807, 2.05) is 6.92 Å². The molecule has 7 heteroatoms. The van der Waals surface area contributed by atoms with E-state index in [1.165, 1.54) is 0 Å². The van der Waals surface area contributed by atoms with E-state index in [0.717, 1.165) is 12.8 Å². The summed E-state index contributed by atoms with van der Waals surface area (Å²) in [7, 11) is 0. The van der Waals surface area contributed by atoms with Crippen molar-refractivity contribution in [2.75, 3.05) is 11.9 Å². The van der Waals surface area contributed by atoms with Crippen LogP contribution in [-0.2, 0) is 19.1 Å². The highest BCUT2D eigenvalue weighted by atomic mass is 16.5. The van der Waals surface area contributed by atoms with Crippen molar-refractivity contribution in [3.05, 3.63) is 24.3 Å². The van der Waals surface area contributed by atoms with Crippen molar-refractivity contribution >= 4 is 23.5 Å². The lowest BCUT2D eigenvalue weighted by Gasteiger charge is -2.25. The van der Waals surface area contributed by atoms with Gasteiger partial charge in [-0.05, 0) is 37.8 Å². The van der Waals surface area contributed by atoms with Crippen LogP contribution >= 0.6 is 0 Å². The van der Waals surface area contributed by atoms with Crippen molar-refractivity contribution in [1.29, 1.82) is 0 Å². The molecule has 1 aromatic carbocycles. The molecule has 1 aromatic rings.